The molecule has 0 bridgehead atoms. The van der Waals surface area contributed by atoms with Crippen LogP contribution in [0.2, 0.25) is 5.02 Å². The molecule has 1 aromatic carbocycles. The second-order valence-electron chi connectivity index (χ2n) is 11.3. The summed E-state index contributed by atoms with van der Waals surface area (Å²) in [7, 11) is 0. The Hall–Kier alpha value is -3.11. The van der Waals surface area contributed by atoms with Crippen molar-refractivity contribution in [3.63, 3.8) is 0 Å². The van der Waals surface area contributed by atoms with Crippen molar-refractivity contribution in [1.82, 2.24) is 19.9 Å². The van der Waals surface area contributed by atoms with E-state index in [1.165, 1.54) is 6.20 Å². The van der Waals surface area contributed by atoms with Gasteiger partial charge in [0.25, 0.3) is 5.91 Å². The summed E-state index contributed by atoms with van der Waals surface area (Å²) in [5.74, 6) is 1.50. The van der Waals surface area contributed by atoms with Crippen molar-refractivity contribution in [2.24, 2.45) is 11.8 Å². The summed E-state index contributed by atoms with van der Waals surface area (Å²) in [5, 5.41) is 4.35. The monoisotopic (exact) mass is 571 g/mol. The highest BCUT2D eigenvalue weighted by Crippen LogP contribution is 2.32. The molecular weight excluding hydrogens is 534 g/mol. The third kappa shape index (κ3) is 6.28. The maximum Gasteiger partial charge on any atom is 0.414 e. The van der Waals surface area contributed by atoms with Gasteiger partial charge in [0.2, 0.25) is 5.91 Å². The quantitative estimate of drug-likeness (QED) is 0.495. The SMILES string of the molecule is CC(=O)N1CCC(OC(=O)N(CCCN2CC3CN(C(=O)c4cnoc4C)CC3C2)c2ccc(C)c(Cl)c2)CC1. The van der Waals surface area contributed by atoms with Crippen LogP contribution in [0.1, 0.15) is 47.9 Å². The molecule has 2 atom stereocenters. The van der Waals surface area contributed by atoms with E-state index in [1.807, 2.05) is 30.0 Å². The van der Waals surface area contributed by atoms with E-state index < -0.39 is 0 Å². The number of carbonyl (C=O) groups excluding carboxylic acids is 3. The minimum Gasteiger partial charge on any atom is -0.446 e. The lowest BCUT2D eigenvalue weighted by Gasteiger charge is -2.32. The van der Waals surface area contributed by atoms with Crippen LogP contribution in [-0.4, -0.2) is 96.2 Å². The topological polar surface area (TPSA) is 99.4 Å². The molecule has 2 aromatic rings. The highest BCUT2D eigenvalue weighted by Gasteiger charge is 2.42. The average molecular weight is 572 g/mol. The lowest BCUT2D eigenvalue weighted by atomic mass is 10.0. The molecule has 0 spiro atoms. The van der Waals surface area contributed by atoms with Crippen LogP contribution < -0.4 is 4.90 Å². The number of hydrogen-bond acceptors (Lipinski definition) is 7. The maximum atomic E-state index is 13.3. The minimum atomic E-state index is -0.377. The molecule has 3 saturated heterocycles. The normalized spacial score (nSPS) is 21.5. The smallest absolute Gasteiger partial charge is 0.414 e. The van der Waals surface area contributed by atoms with Crippen LogP contribution >= 0.6 is 11.6 Å². The molecular formula is C29H38ClN5O5. The first kappa shape index (κ1) is 28.4. The fourth-order valence-electron chi connectivity index (χ4n) is 6.14. The first-order valence-corrected chi connectivity index (χ1v) is 14.5. The molecule has 5 rings (SSSR count). The van der Waals surface area contributed by atoms with Crippen molar-refractivity contribution in [1.29, 1.82) is 0 Å². The van der Waals surface area contributed by atoms with Gasteiger partial charge in [-0.1, -0.05) is 22.8 Å². The van der Waals surface area contributed by atoms with Crippen LogP contribution in [0.4, 0.5) is 10.5 Å². The van der Waals surface area contributed by atoms with E-state index in [-0.39, 0.29) is 24.0 Å². The predicted octanol–water partition coefficient (Wildman–Crippen LogP) is 3.99. The lowest BCUT2D eigenvalue weighted by molar-refractivity contribution is -0.130. The predicted molar refractivity (Wildman–Crippen MR) is 150 cm³/mol. The highest BCUT2D eigenvalue weighted by molar-refractivity contribution is 6.31. The largest absolute Gasteiger partial charge is 0.446 e. The number of amides is 3. The summed E-state index contributed by atoms with van der Waals surface area (Å²) in [6.07, 6.45) is 2.98. The Bertz CT molecular complexity index is 1230. The van der Waals surface area contributed by atoms with Crippen molar-refractivity contribution < 1.29 is 23.6 Å². The van der Waals surface area contributed by atoms with Gasteiger partial charge in [-0.15, -0.1) is 0 Å². The van der Waals surface area contributed by atoms with Crippen molar-refractivity contribution in [3.05, 3.63) is 46.3 Å². The number of benzene rings is 1. The van der Waals surface area contributed by atoms with Crippen molar-refractivity contribution in [2.75, 3.05) is 57.3 Å². The number of ether oxygens (including phenoxy) is 1. The number of nitrogens with zero attached hydrogens (tertiary/aromatic N) is 5. The van der Waals surface area contributed by atoms with E-state index >= 15 is 0 Å². The van der Waals surface area contributed by atoms with Gasteiger partial charge in [0.05, 0.1) is 6.20 Å². The Balaban J connectivity index is 1.14. The summed E-state index contributed by atoms with van der Waals surface area (Å²) in [5.41, 5.74) is 2.22. The Kier molecular flexibility index (Phi) is 8.65. The summed E-state index contributed by atoms with van der Waals surface area (Å²) in [4.78, 5) is 45.7. The number of likely N-dealkylation sites (tertiary alicyclic amines) is 3. The lowest BCUT2D eigenvalue weighted by Crippen LogP contribution is -2.43. The van der Waals surface area contributed by atoms with Crippen LogP contribution in [0.3, 0.4) is 0 Å². The molecule has 3 fully saturated rings. The second-order valence-corrected chi connectivity index (χ2v) is 11.7. The fraction of sp³-hybridized carbons (Fsp3) is 0.586. The van der Waals surface area contributed by atoms with E-state index in [9.17, 15) is 14.4 Å². The zero-order valence-electron chi connectivity index (χ0n) is 23.5. The summed E-state index contributed by atoms with van der Waals surface area (Å²) in [6, 6.07) is 5.64. The van der Waals surface area contributed by atoms with Crippen molar-refractivity contribution >= 4 is 35.2 Å². The molecule has 0 N–H and O–H groups in total. The fourth-order valence-corrected chi connectivity index (χ4v) is 6.31. The number of halogens is 1. The molecule has 10 nitrogen and oxygen atoms in total. The van der Waals surface area contributed by atoms with Crippen molar-refractivity contribution in [2.45, 2.75) is 46.1 Å². The number of hydrogen-bond donors (Lipinski definition) is 0. The van der Waals surface area contributed by atoms with E-state index in [4.69, 9.17) is 20.9 Å². The molecule has 216 valence electrons. The molecule has 0 aliphatic carbocycles. The van der Waals surface area contributed by atoms with E-state index in [2.05, 4.69) is 10.1 Å². The van der Waals surface area contributed by atoms with Crippen LogP contribution in [0.5, 0.6) is 0 Å². The third-order valence-corrected chi connectivity index (χ3v) is 8.94. The highest BCUT2D eigenvalue weighted by atomic mass is 35.5. The Morgan fingerprint density at radius 1 is 1.07 bits per heavy atom. The molecule has 3 aliphatic heterocycles. The van der Waals surface area contributed by atoms with Crippen molar-refractivity contribution in [3.8, 4) is 0 Å². The van der Waals surface area contributed by atoms with Crippen LogP contribution in [-0.2, 0) is 9.53 Å². The van der Waals surface area contributed by atoms with Crippen LogP contribution in [0.15, 0.2) is 28.9 Å². The van der Waals surface area contributed by atoms with E-state index in [0.717, 1.165) is 50.4 Å². The van der Waals surface area contributed by atoms with Gasteiger partial charge in [-0.3, -0.25) is 14.5 Å². The first-order valence-electron chi connectivity index (χ1n) is 14.1. The summed E-state index contributed by atoms with van der Waals surface area (Å²) in [6.45, 7) is 11.2. The van der Waals surface area contributed by atoms with E-state index in [0.29, 0.717) is 60.7 Å². The van der Waals surface area contributed by atoms with Gasteiger partial charge >= 0.3 is 6.09 Å². The number of aryl methyl sites for hydroxylation is 2. The number of fused-ring (bicyclic) bond motifs is 1. The van der Waals surface area contributed by atoms with Gasteiger partial charge < -0.3 is 24.0 Å². The second kappa shape index (κ2) is 12.2. The van der Waals surface area contributed by atoms with Gasteiger partial charge in [-0.2, -0.15) is 0 Å². The zero-order valence-corrected chi connectivity index (χ0v) is 24.2. The number of aromatic nitrogens is 1. The molecule has 2 unspecified atom stereocenters. The minimum absolute atomic E-state index is 0.00224. The third-order valence-electron chi connectivity index (χ3n) is 8.53. The zero-order chi connectivity index (χ0) is 28.4. The van der Waals surface area contributed by atoms with Gasteiger partial charge in [-0.25, -0.2) is 4.79 Å². The Labute approximate surface area is 240 Å². The number of anilines is 1. The molecule has 3 amide bonds. The van der Waals surface area contributed by atoms with Gasteiger partial charge in [-0.05, 0) is 56.3 Å². The Morgan fingerprint density at radius 2 is 1.77 bits per heavy atom. The maximum absolute atomic E-state index is 13.3. The molecule has 40 heavy (non-hydrogen) atoms. The molecule has 11 heteroatoms. The molecule has 3 aliphatic rings. The van der Waals surface area contributed by atoms with Crippen LogP contribution in [0, 0.1) is 25.7 Å². The van der Waals surface area contributed by atoms with Gasteiger partial charge in [0.15, 0.2) is 0 Å². The van der Waals surface area contributed by atoms with Gasteiger partial charge in [0.1, 0.15) is 17.4 Å². The summed E-state index contributed by atoms with van der Waals surface area (Å²) >= 11 is 6.41. The average Bonchev–Trinajstić information content (AvgIpc) is 3.63. The van der Waals surface area contributed by atoms with E-state index in [1.54, 1.807) is 23.6 Å². The number of rotatable bonds is 7. The molecule has 0 saturated carbocycles. The standard InChI is InChI=1S/C29H38ClN5O5/c1-19-5-6-24(13-27(19)30)35(29(38)39-25-7-11-33(12-8-25)21(3)36)10-4-9-32-15-22-17-34(18-23(22)16-32)28(37)26-14-31-40-20(26)2/h5-6,13-14,22-23,25H,4,7-12,15-18H2,1-3H3. The molecule has 1 aromatic heterocycles. The number of carbonyl (C=O) groups is 3. The molecule has 4 heterocycles. The Morgan fingerprint density at radius 3 is 2.38 bits per heavy atom. The summed E-state index contributed by atoms with van der Waals surface area (Å²) < 4.78 is 11.0. The molecule has 0 radical (unpaired) electrons. The number of piperidine rings is 1. The van der Waals surface area contributed by atoms with Gasteiger partial charge in [0, 0.05) is 76.3 Å². The van der Waals surface area contributed by atoms with Crippen LogP contribution in [0.25, 0.3) is 0 Å². The first-order chi connectivity index (χ1) is 19.2.